The number of likely N-dealkylation sites (tertiary alicyclic amines) is 1. The van der Waals surface area contributed by atoms with Crippen LogP contribution in [0.5, 0.6) is 0 Å². The maximum atomic E-state index is 10.9. The molecule has 2 unspecified atom stereocenters. The van der Waals surface area contributed by atoms with Crippen molar-refractivity contribution >= 4 is 11.5 Å². The number of nitro groups is 1. The number of aromatic nitrogens is 1. The number of hydrogen-bond acceptors (Lipinski definition) is 6. The molecule has 3 heterocycles. The Bertz CT molecular complexity index is 605. The second-order valence-electron chi connectivity index (χ2n) is 7.43. The molecular formula is C18H29N5O2. The number of aryl methyl sites for hydroxylation is 1. The molecule has 0 N–H and O–H groups in total. The van der Waals surface area contributed by atoms with E-state index in [4.69, 9.17) is 0 Å². The maximum absolute atomic E-state index is 10.9. The highest BCUT2D eigenvalue weighted by Crippen LogP contribution is 2.24. The van der Waals surface area contributed by atoms with Gasteiger partial charge in [-0.1, -0.05) is 0 Å². The third kappa shape index (κ3) is 4.10. The highest BCUT2D eigenvalue weighted by molar-refractivity contribution is 5.48. The third-order valence-electron chi connectivity index (χ3n) is 5.77. The summed E-state index contributed by atoms with van der Waals surface area (Å²) in [5.74, 6) is 0.851. The van der Waals surface area contributed by atoms with Crippen LogP contribution in [-0.2, 0) is 0 Å². The largest absolute Gasteiger partial charge is 0.354 e. The van der Waals surface area contributed by atoms with Gasteiger partial charge in [-0.25, -0.2) is 4.98 Å². The number of anilines is 1. The first kappa shape index (κ1) is 18.1. The van der Waals surface area contributed by atoms with Crippen molar-refractivity contribution < 1.29 is 4.92 Å². The average Bonchev–Trinajstić information content (AvgIpc) is 2.91. The second-order valence-corrected chi connectivity index (χ2v) is 7.43. The first-order valence-electron chi connectivity index (χ1n) is 9.30. The van der Waals surface area contributed by atoms with Crippen molar-refractivity contribution in [2.75, 3.05) is 44.2 Å². The molecule has 2 atom stereocenters. The van der Waals surface area contributed by atoms with E-state index in [-0.39, 0.29) is 10.6 Å². The van der Waals surface area contributed by atoms with Gasteiger partial charge in [0, 0.05) is 56.9 Å². The molecular weight excluding hydrogens is 318 g/mol. The molecule has 2 aliphatic rings. The van der Waals surface area contributed by atoms with Gasteiger partial charge in [-0.15, -0.1) is 0 Å². The lowest BCUT2D eigenvalue weighted by Crippen LogP contribution is -2.49. The Morgan fingerprint density at radius 3 is 2.36 bits per heavy atom. The summed E-state index contributed by atoms with van der Waals surface area (Å²) in [7, 11) is 0. The van der Waals surface area contributed by atoms with Crippen LogP contribution in [0, 0.1) is 17.0 Å². The van der Waals surface area contributed by atoms with Crippen molar-refractivity contribution in [2.45, 2.75) is 45.7 Å². The normalized spacial score (nSPS) is 25.5. The maximum Gasteiger partial charge on any atom is 0.290 e. The fourth-order valence-electron chi connectivity index (χ4n) is 4.04. The molecule has 2 aliphatic heterocycles. The summed E-state index contributed by atoms with van der Waals surface area (Å²) in [6.45, 7) is 12.6. The molecule has 0 spiro atoms. The van der Waals surface area contributed by atoms with Crippen molar-refractivity contribution in [3.05, 3.63) is 27.9 Å². The highest BCUT2D eigenvalue weighted by atomic mass is 16.6. The minimum atomic E-state index is -0.371. The minimum Gasteiger partial charge on any atom is -0.354 e. The molecule has 7 heteroatoms. The summed E-state index contributed by atoms with van der Waals surface area (Å²) < 4.78 is 0. The average molecular weight is 347 g/mol. The zero-order valence-electron chi connectivity index (χ0n) is 15.5. The third-order valence-corrected chi connectivity index (χ3v) is 5.77. The van der Waals surface area contributed by atoms with E-state index >= 15 is 0 Å². The zero-order valence-corrected chi connectivity index (χ0v) is 15.5. The topological polar surface area (TPSA) is 65.8 Å². The molecule has 0 saturated carbocycles. The summed E-state index contributed by atoms with van der Waals surface area (Å²) >= 11 is 0. The second kappa shape index (κ2) is 7.66. The fourth-order valence-corrected chi connectivity index (χ4v) is 4.04. The van der Waals surface area contributed by atoms with Crippen LogP contribution in [0.3, 0.4) is 0 Å². The van der Waals surface area contributed by atoms with Gasteiger partial charge in [0.25, 0.3) is 5.69 Å². The van der Waals surface area contributed by atoms with Crippen LogP contribution < -0.4 is 4.90 Å². The van der Waals surface area contributed by atoms with E-state index in [1.807, 2.05) is 6.07 Å². The van der Waals surface area contributed by atoms with Crippen molar-refractivity contribution in [3.8, 4) is 0 Å². The summed E-state index contributed by atoms with van der Waals surface area (Å²) in [4.78, 5) is 22.2. The predicted octanol–water partition coefficient (Wildman–Crippen LogP) is 2.29. The summed E-state index contributed by atoms with van der Waals surface area (Å²) in [5, 5.41) is 10.9. The Morgan fingerprint density at radius 1 is 1.16 bits per heavy atom. The highest BCUT2D eigenvalue weighted by Gasteiger charge is 2.28. The van der Waals surface area contributed by atoms with Crippen LogP contribution in [0.4, 0.5) is 11.5 Å². The van der Waals surface area contributed by atoms with Crippen LogP contribution in [0.2, 0.25) is 0 Å². The molecule has 2 saturated heterocycles. The number of pyridine rings is 1. The number of hydrogen-bond donors (Lipinski definition) is 0. The first-order chi connectivity index (χ1) is 12.0. The molecule has 25 heavy (non-hydrogen) atoms. The van der Waals surface area contributed by atoms with Crippen LogP contribution in [-0.4, -0.2) is 71.1 Å². The van der Waals surface area contributed by atoms with Crippen molar-refractivity contribution in [3.63, 3.8) is 0 Å². The minimum absolute atomic E-state index is 0.0937. The van der Waals surface area contributed by atoms with Gasteiger partial charge < -0.3 is 4.90 Å². The van der Waals surface area contributed by atoms with Gasteiger partial charge in [0.15, 0.2) is 0 Å². The fraction of sp³-hybridized carbons (Fsp3) is 0.722. The molecule has 138 valence electrons. The summed E-state index contributed by atoms with van der Waals surface area (Å²) in [6.07, 6.45) is 4.02. The van der Waals surface area contributed by atoms with E-state index in [0.717, 1.165) is 45.1 Å². The molecule has 1 aromatic heterocycles. The Morgan fingerprint density at radius 2 is 1.80 bits per heavy atom. The molecule has 1 aromatic rings. The molecule has 0 aromatic carbocycles. The summed E-state index contributed by atoms with van der Waals surface area (Å²) in [5.41, 5.74) is 0.769. The molecule has 0 radical (unpaired) electrons. The Hall–Kier alpha value is -1.73. The van der Waals surface area contributed by atoms with E-state index in [1.54, 1.807) is 6.92 Å². The van der Waals surface area contributed by atoms with E-state index < -0.39 is 0 Å². The van der Waals surface area contributed by atoms with Crippen LogP contribution in [0.1, 0.15) is 32.3 Å². The SMILES string of the molecule is Cc1cc(N2CCN(CCN3C(C)CCC3C)CC2)ncc1[N+](=O)[O-]. The van der Waals surface area contributed by atoms with Gasteiger partial charge in [-0.05, 0) is 39.7 Å². The molecule has 0 aliphatic carbocycles. The first-order valence-corrected chi connectivity index (χ1v) is 9.30. The molecule has 2 fully saturated rings. The smallest absolute Gasteiger partial charge is 0.290 e. The number of rotatable bonds is 5. The van der Waals surface area contributed by atoms with E-state index in [9.17, 15) is 10.1 Å². The quantitative estimate of drug-likeness (QED) is 0.601. The Balaban J connectivity index is 1.50. The lowest BCUT2D eigenvalue weighted by Gasteiger charge is -2.37. The summed E-state index contributed by atoms with van der Waals surface area (Å²) in [6, 6.07) is 3.26. The van der Waals surface area contributed by atoms with Crippen molar-refractivity contribution in [1.82, 2.24) is 14.8 Å². The van der Waals surface area contributed by atoms with Gasteiger partial charge in [-0.2, -0.15) is 0 Å². The monoisotopic (exact) mass is 347 g/mol. The zero-order chi connectivity index (χ0) is 18.0. The molecule has 0 bridgehead atoms. The molecule has 7 nitrogen and oxygen atoms in total. The van der Waals surface area contributed by atoms with Crippen LogP contribution >= 0.6 is 0 Å². The Labute approximate surface area is 149 Å². The Kier molecular flexibility index (Phi) is 5.54. The number of nitrogens with zero attached hydrogens (tertiary/aromatic N) is 5. The van der Waals surface area contributed by atoms with Gasteiger partial charge in [0.1, 0.15) is 12.0 Å². The number of piperazine rings is 1. The lowest BCUT2D eigenvalue weighted by atomic mass is 10.2. The van der Waals surface area contributed by atoms with Crippen LogP contribution in [0.25, 0.3) is 0 Å². The van der Waals surface area contributed by atoms with E-state index in [0.29, 0.717) is 17.6 Å². The molecule has 0 amide bonds. The van der Waals surface area contributed by atoms with Crippen molar-refractivity contribution in [1.29, 1.82) is 0 Å². The standard InChI is InChI=1S/C18H29N5O2/c1-14-12-18(19-13-17(14)23(24)25)21-9-6-20(7-10-21)8-11-22-15(2)4-5-16(22)3/h12-13,15-16H,4-11H2,1-3H3. The lowest BCUT2D eigenvalue weighted by molar-refractivity contribution is -0.385. The van der Waals surface area contributed by atoms with Gasteiger partial charge >= 0.3 is 0 Å². The predicted molar refractivity (Wildman–Crippen MR) is 99.1 cm³/mol. The van der Waals surface area contributed by atoms with Crippen LogP contribution in [0.15, 0.2) is 12.3 Å². The van der Waals surface area contributed by atoms with Gasteiger partial charge in [0.05, 0.1) is 4.92 Å². The van der Waals surface area contributed by atoms with Gasteiger partial charge in [0.2, 0.25) is 0 Å². The van der Waals surface area contributed by atoms with E-state index in [1.165, 1.54) is 19.0 Å². The van der Waals surface area contributed by atoms with E-state index in [2.05, 4.69) is 33.5 Å². The van der Waals surface area contributed by atoms with Gasteiger partial charge in [-0.3, -0.25) is 19.9 Å². The van der Waals surface area contributed by atoms with Crippen molar-refractivity contribution in [2.24, 2.45) is 0 Å². The molecule has 3 rings (SSSR count).